The molecule has 98 valence electrons. The molecule has 0 saturated heterocycles. The van der Waals surface area contributed by atoms with Crippen molar-refractivity contribution in [2.24, 2.45) is 5.92 Å². The predicted molar refractivity (Wildman–Crippen MR) is 80.9 cm³/mol. The summed E-state index contributed by atoms with van der Waals surface area (Å²) in [5, 5.41) is 11.4. The first-order valence-electron chi connectivity index (χ1n) is 6.75. The summed E-state index contributed by atoms with van der Waals surface area (Å²) in [6.07, 6.45) is 3.41. The molecule has 0 bridgehead atoms. The number of benzene rings is 2. The van der Waals surface area contributed by atoms with Crippen molar-refractivity contribution >= 4 is 15.9 Å². The van der Waals surface area contributed by atoms with Gasteiger partial charge in [0.05, 0.1) is 0 Å². The van der Waals surface area contributed by atoms with E-state index in [0.717, 1.165) is 28.4 Å². The molecule has 1 unspecified atom stereocenters. The van der Waals surface area contributed by atoms with E-state index in [9.17, 15) is 5.11 Å². The topological polar surface area (TPSA) is 20.2 Å². The largest absolute Gasteiger partial charge is 0.380 e. The highest BCUT2D eigenvalue weighted by molar-refractivity contribution is 9.10. The summed E-state index contributed by atoms with van der Waals surface area (Å²) in [5.41, 5.74) is 1.12. The number of hydrogen-bond acceptors (Lipinski definition) is 1. The lowest BCUT2D eigenvalue weighted by Gasteiger charge is -2.42. The molecule has 1 N–H and O–H groups in total. The minimum absolute atomic E-state index is 0.323. The Morgan fingerprint density at radius 1 is 0.947 bits per heavy atom. The van der Waals surface area contributed by atoms with E-state index in [4.69, 9.17) is 0 Å². The average Bonchev–Trinajstić information content (AvgIpc) is 2.37. The van der Waals surface area contributed by atoms with Gasteiger partial charge in [0.1, 0.15) is 5.60 Å². The summed E-state index contributed by atoms with van der Waals surface area (Å²) >= 11 is 3.51. The molecule has 1 atom stereocenters. The lowest BCUT2D eigenvalue weighted by Crippen LogP contribution is -2.40. The SMILES string of the molecule is OC(c1ccccc1)(c1cccc(Br)c1)C1CCC1. The van der Waals surface area contributed by atoms with E-state index in [-0.39, 0.29) is 0 Å². The first kappa shape index (κ1) is 12.9. The van der Waals surface area contributed by atoms with Crippen LogP contribution in [0.3, 0.4) is 0 Å². The van der Waals surface area contributed by atoms with E-state index < -0.39 is 5.60 Å². The van der Waals surface area contributed by atoms with Gasteiger partial charge < -0.3 is 5.11 Å². The van der Waals surface area contributed by atoms with Gasteiger partial charge in [0.25, 0.3) is 0 Å². The van der Waals surface area contributed by atoms with Crippen LogP contribution >= 0.6 is 15.9 Å². The number of hydrogen-bond donors (Lipinski definition) is 1. The zero-order valence-corrected chi connectivity index (χ0v) is 12.3. The third kappa shape index (κ3) is 2.24. The predicted octanol–water partition coefficient (Wildman–Crippen LogP) is 4.49. The summed E-state index contributed by atoms with van der Waals surface area (Å²) < 4.78 is 1.01. The van der Waals surface area contributed by atoms with Crippen molar-refractivity contribution in [3.8, 4) is 0 Å². The fourth-order valence-electron chi connectivity index (χ4n) is 2.88. The van der Waals surface area contributed by atoms with E-state index in [0.29, 0.717) is 5.92 Å². The van der Waals surface area contributed by atoms with Crippen LogP contribution in [0.25, 0.3) is 0 Å². The Morgan fingerprint density at radius 2 is 1.63 bits per heavy atom. The number of halogens is 1. The zero-order valence-electron chi connectivity index (χ0n) is 10.7. The molecule has 2 heteroatoms. The standard InChI is InChI=1S/C17H17BrO/c18-16-11-5-10-15(12-16)17(19,14-8-4-9-14)13-6-2-1-3-7-13/h1-3,5-7,10-12,14,19H,4,8-9H2. The fourth-order valence-corrected chi connectivity index (χ4v) is 3.28. The Labute approximate surface area is 122 Å². The van der Waals surface area contributed by atoms with Gasteiger partial charge in [-0.2, -0.15) is 0 Å². The van der Waals surface area contributed by atoms with E-state index in [2.05, 4.69) is 15.9 Å². The molecule has 1 aliphatic rings. The highest BCUT2D eigenvalue weighted by Gasteiger charge is 2.42. The van der Waals surface area contributed by atoms with E-state index in [1.165, 1.54) is 6.42 Å². The summed E-state index contributed by atoms with van der Waals surface area (Å²) in [6.45, 7) is 0. The van der Waals surface area contributed by atoms with Crippen LogP contribution in [-0.4, -0.2) is 5.11 Å². The fraction of sp³-hybridized carbons (Fsp3) is 0.294. The van der Waals surface area contributed by atoms with Crippen LogP contribution in [0.1, 0.15) is 30.4 Å². The maximum Gasteiger partial charge on any atom is 0.117 e. The van der Waals surface area contributed by atoms with Crippen LogP contribution in [0.5, 0.6) is 0 Å². The van der Waals surface area contributed by atoms with E-state index in [1.54, 1.807) is 0 Å². The van der Waals surface area contributed by atoms with Gasteiger partial charge in [-0.05, 0) is 42.0 Å². The van der Waals surface area contributed by atoms with Crippen molar-refractivity contribution in [1.82, 2.24) is 0 Å². The summed E-state index contributed by atoms with van der Waals surface area (Å²) in [6, 6.07) is 18.1. The Bertz CT molecular complexity index is 562. The highest BCUT2D eigenvalue weighted by atomic mass is 79.9. The smallest absolute Gasteiger partial charge is 0.117 e. The van der Waals surface area contributed by atoms with Crippen molar-refractivity contribution < 1.29 is 5.11 Å². The molecule has 1 nitrogen and oxygen atoms in total. The first-order valence-corrected chi connectivity index (χ1v) is 7.54. The van der Waals surface area contributed by atoms with Gasteiger partial charge in [-0.3, -0.25) is 0 Å². The van der Waals surface area contributed by atoms with E-state index in [1.807, 2.05) is 54.6 Å². The van der Waals surface area contributed by atoms with Crippen LogP contribution in [-0.2, 0) is 5.60 Å². The van der Waals surface area contributed by atoms with Gasteiger partial charge in [-0.25, -0.2) is 0 Å². The zero-order chi connectivity index (χ0) is 13.3. The Hall–Kier alpha value is -1.12. The molecule has 0 spiro atoms. The van der Waals surface area contributed by atoms with Crippen LogP contribution in [0, 0.1) is 5.92 Å². The van der Waals surface area contributed by atoms with Crippen LogP contribution < -0.4 is 0 Å². The molecular weight excluding hydrogens is 300 g/mol. The quantitative estimate of drug-likeness (QED) is 0.884. The molecule has 0 aromatic heterocycles. The lowest BCUT2D eigenvalue weighted by atomic mass is 9.67. The highest BCUT2D eigenvalue weighted by Crippen LogP contribution is 2.46. The second-order valence-corrected chi connectivity index (χ2v) is 6.19. The second kappa shape index (κ2) is 5.10. The van der Waals surface area contributed by atoms with Gasteiger partial charge in [0, 0.05) is 4.47 Å². The number of aliphatic hydroxyl groups is 1. The third-order valence-corrected chi connectivity index (χ3v) is 4.67. The van der Waals surface area contributed by atoms with Gasteiger partial charge in [-0.15, -0.1) is 0 Å². The second-order valence-electron chi connectivity index (χ2n) is 5.27. The molecule has 0 radical (unpaired) electrons. The third-order valence-electron chi connectivity index (χ3n) is 4.17. The maximum absolute atomic E-state index is 11.4. The van der Waals surface area contributed by atoms with Gasteiger partial charge in [0.2, 0.25) is 0 Å². The summed E-state index contributed by atoms with van der Waals surface area (Å²) in [4.78, 5) is 0. The molecule has 1 saturated carbocycles. The minimum Gasteiger partial charge on any atom is -0.380 e. The molecule has 3 rings (SSSR count). The number of rotatable bonds is 3. The molecule has 0 heterocycles. The molecule has 2 aromatic rings. The van der Waals surface area contributed by atoms with Crippen molar-refractivity contribution in [3.63, 3.8) is 0 Å². The van der Waals surface area contributed by atoms with Crippen LogP contribution in [0.2, 0.25) is 0 Å². The molecular formula is C17H17BrO. The minimum atomic E-state index is -0.858. The van der Waals surface area contributed by atoms with Crippen molar-refractivity contribution in [2.45, 2.75) is 24.9 Å². The molecule has 0 amide bonds. The molecule has 1 fully saturated rings. The monoisotopic (exact) mass is 316 g/mol. The normalized spacial score (nSPS) is 18.6. The molecule has 1 aliphatic carbocycles. The van der Waals surface area contributed by atoms with Gasteiger partial charge in [0.15, 0.2) is 0 Å². The Balaban J connectivity index is 2.11. The first-order chi connectivity index (χ1) is 9.21. The van der Waals surface area contributed by atoms with Crippen LogP contribution in [0.4, 0.5) is 0 Å². The van der Waals surface area contributed by atoms with Gasteiger partial charge in [-0.1, -0.05) is 64.8 Å². The Kier molecular flexibility index (Phi) is 3.46. The molecule has 0 aliphatic heterocycles. The summed E-state index contributed by atoms with van der Waals surface area (Å²) in [7, 11) is 0. The van der Waals surface area contributed by atoms with E-state index >= 15 is 0 Å². The average molecular weight is 317 g/mol. The maximum atomic E-state index is 11.4. The van der Waals surface area contributed by atoms with Crippen LogP contribution in [0.15, 0.2) is 59.1 Å². The van der Waals surface area contributed by atoms with Crippen molar-refractivity contribution in [3.05, 3.63) is 70.2 Å². The van der Waals surface area contributed by atoms with Crippen molar-refractivity contribution in [2.75, 3.05) is 0 Å². The lowest BCUT2D eigenvalue weighted by molar-refractivity contribution is -0.0200. The van der Waals surface area contributed by atoms with Crippen molar-refractivity contribution in [1.29, 1.82) is 0 Å². The molecule has 19 heavy (non-hydrogen) atoms. The molecule has 2 aromatic carbocycles. The Morgan fingerprint density at radius 3 is 2.21 bits per heavy atom. The summed E-state index contributed by atoms with van der Waals surface area (Å²) in [5.74, 6) is 0.323. The van der Waals surface area contributed by atoms with Gasteiger partial charge >= 0.3 is 0 Å².